The standard InChI is InChI=1S/C37H36N4O14/c1-20(42)50-30-14-26(15-31(51-21(2)43)34(30)54-24(5)46)12-28(18-38)36(48)40-10-8-7-9-11-41-37(49)29(19-39)13-27-16-32(52-22(3)44)35(55-25(6)47)33(17-27)53-23(4)45/h12-17H,7-11H2,1-6H3,(H,40,48)(H,41,49). The Bertz CT molecular complexity index is 1820. The van der Waals surface area contributed by atoms with E-state index in [1.54, 1.807) is 12.1 Å². The van der Waals surface area contributed by atoms with Crippen molar-refractivity contribution in [2.24, 2.45) is 0 Å². The smallest absolute Gasteiger partial charge is 0.308 e. The maximum Gasteiger partial charge on any atom is 0.308 e. The van der Waals surface area contributed by atoms with E-state index in [1.807, 2.05) is 0 Å². The SMILES string of the molecule is CC(=O)Oc1cc(C=C(C#N)C(=O)NCCCCCNC(=O)C(C#N)=Cc2cc(OC(C)=O)c(OC(C)=O)c(OC(C)=O)c2)cc(OC(C)=O)c1OC(C)=O. The van der Waals surface area contributed by atoms with Crippen LogP contribution in [0.3, 0.4) is 0 Å². The second kappa shape index (κ2) is 21.2. The molecular weight excluding hydrogens is 724 g/mol. The van der Waals surface area contributed by atoms with Crippen molar-refractivity contribution in [3.8, 4) is 46.6 Å². The Hall–Kier alpha value is -7.34. The number of amides is 2. The Labute approximate surface area is 314 Å². The van der Waals surface area contributed by atoms with Crippen LogP contribution in [-0.2, 0) is 38.4 Å². The van der Waals surface area contributed by atoms with Crippen molar-refractivity contribution in [2.45, 2.75) is 60.8 Å². The highest BCUT2D eigenvalue weighted by Gasteiger charge is 2.22. The second-order valence-corrected chi connectivity index (χ2v) is 11.2. The molecule has 0 saturated carbocycles. The highest BCUT2D eigenvalue weighted by atomic mass is 16.6. The topological polar surface area (TPSA) is 264 Å². The summed E-state index contributed by atoms with van der Waals surface area (Å²) in [7, 11) is 0. The second-order valence-electron chi connectivity index (χ2n) is 11.2. The molecule has 288 valence electrons. The lowest BCUT2D eigenvalue weighted by Gasteiger charge is -2.14. The van der Waals surface area contributed by atoms with E-state index in [-0.39, 0.29) is 69.9 Å². The third-order valence-corrected chi connectivity index (χ3v) is 6.37. The van der Waals surface area contributed by atoms with E-state index in [0.717, 1.165) is 53.7 Å². The van der Waals surface area contributed by atoms with Crippen molar-refractivity contribution in [1.29, 1.82) is 10.5 Å². The molecule has 0 aliphatic rings. The van der Waals surface area contributed by atoms with E-state index in [0.29, 0.717) is 19.3 Å². The fourth-order valence-corrected chi connectivity index (χ4v) is 4.42. The highest BCUT2D eigenvalue weighted by Crippen LogP contribution is 2.41. The van der Waals surface area contributed by atoms with Crippen molar-refractivity contribution in [3.63, 3.8) is 0 Å². The van der Waals surface area contributed by atoms with Gasteiger partial charge in [-0.15, -0.1) is 0 Å². The molecule has 0 aliphatic heterocycles. The lowest BCUT2D eigenvalue weighted by atomic mass is 10.1. The van der Waals surface area contributed by atoms with Crippen LogP contribution in [-0.4, -0.2) is 60.7 Å². The zero-order valence-electron chi connectivity index (χ0n) is 30.6. The van der Waals surface area contributed by atoms with Crippen LogP contribution in [0, 0.1) is 22.7 Å². The number of hydrogen-bond acceptors (Lipinski definition) is 16. The van der Waals surface area contributed by atoms with Gasteiger partial charge in [0, 0.05) is 54.6 Å². The molecule has 2 N–H and O–H groups in total. The third-order valence-electron chi connectivity index (χ3n) is 6.37. The monoisotopic (exact) mass is 760 g/mol. The molecule has 2 amide bonds. The molecule has 0 fully saturated rings. The Morgan fingerprint density at radius 1 is 0.491 bits per heavy atom. The molecule has 0 atom stereocenters. The van der Waals surface area contributed by atoms with Crippen molar-refractivity contribution >= 4 is 59.8 Å². The van der Waals surface area contributed by atoms with E-state index in [1.165, 1.54) is 24.3 Å². The summed E-state index contributed by atoms with van der Waals surface area (Å²) in [5, 5.41) is 24.5. The van der Waals surface area contributed by atoms with Gasteiger partial charge in [-0.2, -0.15) is 10.5 Å². The molecule has 18 heteroatoms. The molecule has 2 rings (SSSR count). The van der Waals surface area contributed by atoms with E-state index in [2.05, 4.69) is 10.6 Å². The first kappa shape index (κ1) is 43.8. The first-order valence-corrected chi connectivity index (χ1v) is 16.2. The number of esters is 6. The summed E-state index contributed by atoms with van der Waals surface area (Å²) in [5.41, 5.74) is -0.505. The fourth-order valence-electron chi connectivity index (χ4n) is 4.42. The van der Waals surface area contributed by atoms with Gasteiger partial charge in [-0.25, -0.2) is 0 Å². The first-order chi connectivity index (χ1) is 25.9. The molecule has 0 unspecified atom stereocenters. The van der Waals surface area contributed by atoms with E-state index in [9.17, 15) is 48.9 Å². The van der Waals surface area contributed by atoms with E-state index in [4.69, 9.17) is 28.4 Å². The predicted octanol–water partition coefficient (Wildman–Crippen LogP) is 3.16. The minimum atomic E-state index is -0.802. The van der Waals surface area contributed by atoms with Gasteiger partial charge >= 0.3 is 35.8 Å². The largest absolute Gasteiger partial charge is 0.423 e. The zero-order chi connectivity index (χ0) is 41.2. The number of rotatable bonds is 16. The van der Waals surface area contributed by atoms with Crippen LogP contribution in [0.5, 0.6) is 34.5 Å². The van der Waals surface area contributed by atoms with Crippen molar-refractivity contribution in [1.82, 2.24) is 10.6 Å². The van der Waals surface area contributed by atoms with E-state index >= 15 is 0 Å². The first-order valence-electron chi connectivity index (χ1n) is 16.2. The number of unbranched alkanes of at least 4 members (excludes halogenated alkanes) is 2. The Kier molecular flexibility index (Phi) is 16.9. The number of benzene rings is 2. The summed E-state index contributed by atoms with van der Waals surface area (Å²) in [4.78, 5) is 95.5. The summed E-state index contributed by atoms with van der Waals surface area (Å²) in [6.45, 7) is 6.76. The van der Waals surface area contributed by atoms with Crippen LogP contribution in [0.25, 0.3) is 12.2 Å². The molecule has 0 spiro atoms. The average Bonchev–Trinajstić information content (AvgIpc) is 3.07. The van der Waals surface area contributed by atoms with Gasteiger partial charge in [-0.1, -0.05) is 0 Å². The van der Waals surface area contributed by atoms with Crippen LogP contribution >= 0.6 is 0 Å². The van der Waals surface area contributed by atoms with Gasteiger partial charge < -0.3 is 39.1 Å². The molecule has 0 heterocycles. The van der Waals surface area contributed by atoms with Crippen LogP contribution < -0.4 is 39.1 Å². The summed E-state index contributed by atoms with van der Waals surface area (Å²) >= 11 is 0. The van der Waals surface area contributed by atoms with Crippen LogP contribution in [0.4, 0.5) is 0 Å². The molecule has 2 aromatic rings. The van der Waals surface area contributed by atoms with Crippen LogP contribution in [0.2, 0.25) is 0 Å². The lowest BCUT2D eigenvalue weighted by Crippen LogP contribution is -2.27. The minimum Gasteiger partial charge on any atom is -0.423 e. The summed E-state index contributed by atoms with van der Waals surface area (Å²) < 4.78 is 30.5. The van der Waals surface area contributed by atoms with Crippen LogP contribution in [0.15, 0.2) is 35.4 Å². The lowest BCUT2D eigenvalue weighted by molar-refractivity contribution is -0.135. The molecule has 0 aliphatic carbocycles. The van der Waals surface area contributed by atoms with Gasteiger partial charge in [0.15, 0.2) is 23.0 Å². The Balaban J connectivity index is 2.07. The van der Waals surface area contributed by atoms with Crippen molar-refractivity contribution < 1.29 is 66.8 Å². The highest BCUT2D eigenvalue weighted by molar-refractivity contribution is 6.02. The number of hydrogen-bond donors (Lipinski definition) is 2. The van der Waals surface area contributed by atoms with Crippen molar-refractivity contribution in [3.05, 3.63) is 46.5 Å². The maximum absolute atomic E-state index is 12.8. The van der Waals surface area contributed by atoms with Gasteiger partial charge in [-0.05, 0) is 66.8 Å². The molecular formula is C37H36N4O14. The molecule has 55 heavy (non-hydrogen) atoms. The maximum atomic E-state index is 12.8. The van der Waals surface area contributed by atoms with Gasteiger partial charge in [-0.3, -0.25) is 38.4 Å². The number of ether oxygens (including phenoxy) is 6. The number of carbonyl (C=O) groups excluding carboxylic acids is 8. The van der Waals surface area contributed by atoms with E-state index < -0.39 is 47.6 Å². The minimum absolute atomic E-state index is 0.102. The molecule has 0 saturated heterocycles. The Morgan fingerprint density at radius 2 is 0.764 bits per heavy atom. The molecule has 0 aromatic heterocycles. The van der Waals surface area contributed by atoms with Gasteiger partial charge in [0.25, 0.3) is 11.8 Å². The number of nitriles is 2. The molecule has 0 radical (unpaired) electrons. The van der Waals surface area contributed by atoms with Gasteiger partial charge in [0.05, 0.1) is 0 Å². The summed E-state index contributed by atoms with van der Waals surface area (Å²) in [6.07, 6.45) is 3.65. The predicted molar refractivity (Wildman–Crippen MR) is 188 cm³/mol. The summed E-state index contributed by atoms with van der Waals surface area (Å²) in [6, 6.07) is 8.36. The normalized spacial score (nSPS) is 10.8. The summed E-state index contributed by atoms with van der Waals surface area (Å²) in [5.74, 6) is -8.18. The third kappa shape index (κ3) is 15.0. The Morgan fingerprint density at radius 3 is 1.00 bits per heavy atom. The van der Waals surface area contributed by atoms with Crippen LogP contribution in [0.1, 0.15) is 71.9 Å². The van der Waals surface area contributed by atoms with Gasteiger partial charge in [0.2, 0.25) is 11.5 Å². The molecule has 2 aromatic carbocycles. The zero-order valence-corrected chi connectivity index (χ0v) is 30.6. The molecule has 18 nitrogen and oxygen atoms in total. The average molecular weight is 761 g/mol. The van der Waals surface area contributed by atoms with Gasteiger partial charge in [0.1, 0.15) is 23.3 Å². The fraction of sp³-hybridized carbons (Fsp3) is 0.297. The number of nitrogens with one attached hydrogen (secondary N) is 2. The number of nitrogens with zero attached hydrogens (tertiary/aromatic N) is 2. The molecule has 0 bridgehead atoms. The number of carbonyl (C=O) groups is 8. The quantitative estimate of drug-likeness (QED) is 0.0818. The van der Waals surface area contributed by atoms with Crippen molar-refractivity contribution in [2.75, 3.05) is 13.1 Å².